The molecule has 0 fully saturated rings. The van der Waals surface area contributed by atoms with Gasteiger partial charge in [0.2, 0.25) is 0 Å². The molecule has 0 aliphatic carbocycles. The highest BCUT2D eigenvalue weighted by Crippen LogP contribution is 2.08. The summed E-state index contributed by atoms with van der Waals surface area (Å²) in [6.45, 7) is 6.39. The normalized spacial score (nSPS) is 10.2. The van der Waals surface area contributed by atoms with Crippen LogP contribution in [0.4, 0.5) is 0 Å². The van der Waals surface area contributed by atoms with E-state index < -0.39 is 0 Å². The van der Waals surface area contributed by atoms with Crippen molar-refractivity contribution in [1.29, 1.82) is 0 Å². The van der Waals surface area contributed by atoms with Gasteiger partial charge in [-0.15, -0.1) is 6.58 Å². The van der Waals surface area contributed by atoms with Crippen molar-refractivity contribution in [1.82, 2.24) is 0 Å². The van der Waals surface area contributed by atoms with Gasteiger partial charge in [0, 0.05) is 0 Å². The van der Waals surface area contributed by atoms with E-state index in [9.17, 15) is 0 Å². The van der Waals surface area contributed by atoms with Gasteiger partial charge in [0.25, 0.3) is 0 Å². The van der Waals surface area contributed by atoms with Crippen LogP contribution in [0, 0.1) is 0 Å². The number of hydrogen-bond donors (Lipinski definition) is 1. The second-order valence-electron chi connectivity index (χ2n) is 3.31. The van der Waals surface area contributed by atoms with Crippen LogP contribution in [0.25, 0.3) is 0 Å². The lowest BCUT2D eigenvalue weighted by Crippen LogP contribution is -1.88. The molecule has 0 rings (SSSR count). The van der Waals surface area contributed by atoms with Crippen molar-refractivity contribution in [3.05, 3.63) is 12.2 Å². The van der Waals surface area contributed by atoms with E-state index >= 15 is 0 Å². The Balaban J connectivity index is 2.86. The maximum Gasteiger partial charge on any atom is 0.0819 e. The zero-order chi connectivity index (χ0) is 9.23. The van der Waals surface area contributed by atoms with Crippen molar-refractivity contribution < 1.29 is 10.1 Å². The molecular formula is C10H20O2. The molecule has 0 heterocycles. The topological polar surface area (TPSA) is 29.5 Å². The number of unbranched alkanes of at least 4 members (excludes halogenated alkanes) is 4. The molecule has 0 atom stereocenters. The Hall–Kier alpha value is -0.340. The summed E-state index contributed by atoms with van der Waals surface area (Å²) in [7, 11) is 0. The maximum absolute atomic E-state index is 8.03. The summed E-state index contributed by atoms with van der Waals surface area (Å²) >= 11 is 0. The van der Waals surface area contributed by atoms with Crippen LogP contribution in [0.3, 0.4) is 0 Å². The molecule has 1 N–H and O–H groups in total. The van der Waals surface area contributed by atoms with Crippen molar-refractivity contribution >= 4 is 0 Å². The fraction of sp³-hybridized carbons (Fsp3) is 0.800. The Morgan fingerprint density at radius 1 is 1.17 bits per heavy atom. The Bertz CT molecular complexity index is 110. The van der Waals surface area contributed by atoms with E-state index in [-0.39, 0.29) is 0 Å². The van der Waals surface area contributed by atoms with E-state index in [2.05, 4.69) is 18.4 Å². The summed E-state index contributed by atoms with van der Waals surface area (Å²) in [4.78, 5) is 3.97. The predicted octanol–water partition coefficient (Wildman–Crippen LogP) is 3.39. The highest BCUT2D eigenvalue weighted by molar-refractivity contribution is 4.86. The molecule has 0 saturated heterocycles. The van der Waals surface area contributed by atoms with E-state index in [0.29, 0.717) is 6.61 Å². The third-order valence-corrected chi connectivity index (χ3v) is 1.84. The minimum atomic E-state index is 0.473. The average Bonchev–Trinajstić information content (AvgIpc) is 2.02. The first kappa shape index (κ1) is 11.7. The van der Waals surface area contributed by atoms with E-state index in [0.717, 1.165) is 19.3 Å². The lowest BCUT2D eigenvalue weighted by atomic mass is 10.1. The van der Waals surface area contributed by atoms with Gasteiger partial charge in [-0.05, 0) is 26.2 Å². The first-order valence-electron chi connectivity index (χ1n) is 4.68. The third kappa shape index (κ3) is 9.66. The van der Waals surface area contributed by atoms with E-state index in [1.807, 2.05) is 0 Å². The summed E-state index contributed by atoms with van der Waals surface area (Å²) in [5, 5.41) is 8.03. The van der Waals surface area contributed by atoms with E-state index in [1.165, 1.54) is 24.8 Å². The van der Waals surface area contributed by atoms with Crippen molar-refractivity contribution in [2.45, 2.75) is 45.4 Å². The van der Waals surface area contributed by atoms with Gasteiger partial charge in [-0.2, -0.15) is 0 Å². The molecule has 0 bridgehead atoms. The molecule has 0 aliphatic heterocycles. The highest BCUT2D eigenvalue weighted by atomic mass is 17.1. The highest BCUT2D eigenvalue weighted by Gasteiger charge is 1.91. The Morgan fingerprint density at radius 3 is 2.33 bits per heavy atom. The van der Waals surface area contributed by atoms with Gasteiger partial charge in [-0.25, -0.2) is 4.89 Å². The van der Waals surface area contributed by atoms with Gasteiger partial charge in [-0.3, -0.25) is 5.26 Å². The van der Waals surface area contributed by atoms with Crippen molar-refractivity contribution in [3.63, 3.8) is 0 Å². The van der Waals surface area contributed by atoms with Gasteiger partial charge in [0.1, 0.15) is 0 Å². The predicted molar refractivity (Wildman–Crippen MR) is 51.1 cm³/mol. The third-order valence-electron chi connectivity index (χ3n) is 1.84. The monoisotopic (exact) mass is 172 g/mol. The first-order valence-corrected chi connectivity index (χ1v) is 4.68. The zero-order valence-corrected chi connectivity index (χ0v) is 8.01. The molecule has 0 aromatic rings. The Morgan fingerprint density at radius 2 is 1.75 bits per heavy atom. The van der Waals surface area contributed by atoms with Crippen molar-refractivity contribution in [2.24, 2.45) is 0 Å². The lowest BCUT2D eigenvalue weighted by Gasteiger charge is -2.00. The number of allylic oxidation sites excluding steroid dienone is 1. The largest absolute Gasteiger partial charge is 0.252 e. The molecule has 2 nitrogen and oxygen atoms in total. The second kappa shape index (κ2) is 8.75. The fourth-order valence-corrected chi connectivity index (χ4v) is 1.12. The van der Waals surface area contributed by atoms with E-state index in [1.54, 1.807) is 0 Å². The molecule has 0 spiro atoms. The van der Waals surface area contributed by atoms with Crippen LogP contribution in [-0.2, 0) is 4.89 Å². The molecule has 0 saturated carbocycles. The molecule has 0 aromatic carbocycles. The van der Waals surface area contributed by atoms with E-state index in [4.69, 9.17) is 5.26 Å². The molecule has 0 aromatic heterocycles. The van der Waals surface area contributed by atoms with Crippen LogP contribution in [0.5, 0.6) is 0 Å². The minimum Gasteiger partial charge on any atom is -0.252 e. The lowest BCUT2D eigenvalue weighted by molar-refractivity contribution is -0.242. The van der Waals surface area contributed by atoms with Crippen LogP contribution in [0.1, 0.15) is 45.4 Å². The molecule has 0 radical (unpaired) electrons. The minimum absolute atomic E-state index is 0.473. The average molecular weight is 172 g/mol. The SMILES string of the molecule is C=C(C)CCCCCCCOO. The summed E-state index contributed by atoms with van der Waals surface area (Å²) in [5.74, 6) is 0. The molecule has 0 amide bonds. The summed E-state index contributed by atoms with van der Waals surface area (Å²) < 4.78 is 0. The molecule has 2 heteroatoms. The summed E-state index contributed by atoms with van der Waals surface area (Å²) in [5.41, 5.74) is 1.27. The van der Waals surface area contributed by atoms with Crippen molar-refractivity contribution in [3.8, 4) is 0 Å². The standard InChI is InChI=1S/C10H20O2/c1-10(2)8-6-4-3-5-7-9-12-11/h11H,1,3-9H2,2H3. The zero-order valence-electron chi connectivity index (χ0n) is 8.01. The summed E-state index contributed by atoms with van der Waals surface area (Å²) in [6.07, 6.45) is 7.00. The van der Waals surface area contributed by atoms with Crippen LogP contribution in [0.15, 0.2) is 12.2 Å². The molecule has 0 unspecified atom stereocenters. The molecule has 12 heavy (non-hydrogen) atoms. The van der Waals surface area contributed by atoms with Gasteiger partial charge in [-0.1, -0.05) is 24.8 Å². The Labute approximate surface area is 75.2 Å². The molecular weight excluding hydrogens is 152 g/mol. The number of hydrogen-bond acceptors (Lipinski definition) is 2. The van der Waals surface area contributed by atoms with Gasteiger partial charge in [0.05, 0.1) is 6.61 Å². The van der Waals surface area contributed by atoms with Gasteiger partial charge < -0.3 is 0 Å². The second-order valence-corrected chi connectivity index (χ2v) is 3.31. The quantitative estimate of drug-likeness (QED) is 0.263. The van der Waals surface area contributed by atoms with Gasteiger partial charge in [0.15, 0.2) is 0 Å². The maximum atomic E-state index is 8.03. The van der Waals surface area contributed by atoms with Gasteiger partial charge >= 0.3 is 0 Å². The first-order chi connectivity index (χ1) is 5.77. The smallest absolute Gasteiger partial charge is 0.0819 e. The Kier molecular flexibility index (Phi) is 8.51. The van der Waals surface area contributed by atoms with Crippen LogP contribution in [-0.4, -0.2) is 11.9 Å². The van der Waals surface area contributed by atoms with Crippen LogP contribution < -0.4 is 0 Å². The summed E-state index contributed by atoms with van der Waals surface area (Å²) in [6, 6.07) is 0. The van der Waals surface area contributed by atoms with Crippen LogP contribution >= 0.6 is 0 Å². The fourth-order valence-electron chi connectivity index (χ4n) is 1.12. The molecule has 72 valence electrons. The van der Waals surface area contributed by atoms with Crippen LogP contribution in [0.2, 0.25) is 0 Å². The van der Waals surface area contributed by atoms with Crippen molar-refractivity contribution in [2.75, 3.05) is 6.61 Å². The molecule has 0 aliphatic rings. The number of rotatable bonds is 8.